The molecule has 0 unspecified atom stereocenters. The van der Waals surface area contributed by atoms with E-state index in [0.717, 1.165) is 22.1 Å². The average molecular weight is 420 g/mol. The topological polar surface area (TPSA) is 72.0 Å². The number of benzene rings is 1. The first-order valence-electron chi connectivity index (χ1n) is 9.26. The molecule has 0 radical (unpaired) electrons. The van der Waals surface area contributed by atoms with Crippen LogP contribution in [-0.4, -0.2) is 38.9 Å². The van der Waals surface area contributed by atoms with Gasteiger partial charge >= 0.3 is 5.63 Å². The Kier molecular flexibility index (Phi) is 5.13. The minimum atomic E-state index is -3.39. The summed E-state index contributed by atoms with van der Waals surface area (Å²) in [5.41, 5.74) is 3.35. The molecule has 1 fully saturated rings. The number of quaternary nitrogens is 1. The molecule has 6 nitrogen and oxygen atoms in total. The summed E-state index contributed by atoms with van der Waals surface area (Å²) in [6.45, 7) is 7.01. The first-order valence-corrected chi connectivity index (χ1v) is 11.6. The zero-order valence-electron chi connectivity index (χ0n) is 15.9. The minimum Gasteiger partial charge on any atom is -0.422 e. The van der Waals surface area contributed by atoms with Gasteiger partial charge in [0.2, 0.25) is 0 Å². The lowest BCUT2D eigenvalue weighted by molar-refractivity contribution is -0.917. The van der Waals surface area contributed by atoms with Gasteiger partial charge in [-0.1, -0.05) is 18.2 Å². The lowest BCUT2D eigenvalue weighted by Crippen LogP contribution is -3.13. The largest absolute Gasteiger partial charge is 0.422 e. The molecule has 0 atom stereocenters. The van der Waals surface area contributed by atoms with E-state index in [0.29, 0.717) is 42.5 Å². The van der Waals surface area contributed by atoms with Crippen LogP contribution in [0.4, 0.5) is 0 Å². The van der Waals surface area contributed by atoms with E-state index in [1.54, 1.807) is 27.9 Å². The number of thiophene rings is 1. The Balaban J connectivity index is 1.53. The van der Waals surface area contributed by atoms with Gasteiger partial charge in [0.15, 0.2) is 0 Å². The van der Waals surface area contributed by atoms with Gasteiger partial charge in [0.1, 0.15) is 16.3 Å². The zero-order chi connectivity index (χ0) is 19.9. The van der Waals surface area contributed by atoms with E-state index in [1.807, 2.05) is 26.0 Å². The van der Waals surface area contributed by atoms with Gasteiger partial charge in [-0.15, -0.1) is 11.3 Å². The molecule has 4 rings (SSSR count). The number of sulfonamides is 1. The Morgan fingerprint density at radius 2 is 1.93 bits per heavy atom. The molecule has 1 saturated heterocycles. The van der Waals surface area contributed by atoms with Crippen LogP contribution in [0.2, 0.25) is 0 Å². The maximum Gasteiger partial charge on any atom is 0.336 e. The molecule has 1 aliphatic heterocycles. The van der Waals surface area contributed by atoms with Crippen LogP contribution >= 0.6 is 11.3 Å². The van der Waals surface area contributed by atoms with Crippen molar-refractivity contribution in [1.29, 1.82) is 0 Å². The van der Waals surface area contributed by atoms with Crippen LogP contribution in [0.25, 0.3) is 11.0 Å². The number of piperazine rings is 1. The Morgan fingerprint density at radius 1 is 1.18 bits per heavy atom. The van der Waals surface area contributed by atoms with Gasteiger partial charge in [-0.3, -0.25) is 0 Å². The predicted molar refractivity (Wildman–Crippen MR) is 109 cm³/mol. The van der Waals surface area contributed by atoms with Crippen molar-refractivity contribution in [2.45, 2.75) is 24.6 Å². The van der Waals surface area contributed by atoms with Gasteiger partial charge in [0, 0.05) is 17.0 Å². The van der Waals surface area contributed by atoms with Crippen molar-refractivity contribution in [1.82, 2.24) is 4.31 Å². The van der Waals surface area contributed by atoms with Gasteiger partial charge in [0.05, 0.1) is 26.2 Å². The fourth-order valence-electron chi connectivity index (χ4n) is 3.70. The van der Waals surface area contributed by atoms with Crippen molar-refractivity contribution in [2.75, 3.05) is 26.2 Å². The van der Waals surface area contributed by atoms with Gasteiger partial charge in [-0.25, -0.2) is 13.2 Å². The fourth-order valence-corrected chi connectivity index (χ4v) is 6.28. The number of fused-ring (bicyclic) bond motifs is 1. The maximum atomic E-state index is 12.7. The van der Waals surface area contributed by atoms with Crippen LogP contribution in [0.5, 0.6) is 0 Å². The van der Waals surface area contributed by atoms with E-state index in [1.165, 1.54) is 16.2 Å². The molecule has 1 N–H and O–H groups in total. The molecule has 3 heterocycles. The van der Waals surface area contributed by atoms with E-state index in [-0.39, 0.29) is 5.63 Å². The van der Waals surface area contributed by atoms with Crippen LogP contribution in [-0.2, 0) is 16.6 Å². The van der Waals surface area contributed by atoms with Crippen LogP contribution in [0.15, 0.2) is 49.1 Å². The highest BCUT2D eigenvalue weighted by Crippen LogP contribution is 2.23. The Hall–Kier alpha value is -2.00. The third-order valence-corrected chi connectivity index (χ3v) is 8.75. The Labute approximate surface area is 168 Å². The molecule has 148 valence electrons. The maximum absolute atomic E-state index is 12.7. The summed E-state index contributed by atoms with van der Waals surface area (Å²) >= 11 is 1.25. The van der Waals surface area contributed by atoms with Gasteiger partial charge < -0.3 is 9.32 Å². The highest BCUT2D eigenvalue weighted by Gasteiger charge is 2.31. The molecule has 1 aromatic carbocycles. The number of aryl methyl sites for hydroxylation is 2. The quantitative estimate of drug-likeness (QED) is 0.652. The summed E-state index contributed by atoms with van der Waals surface area (Å²) in [4.78, 5) is 13.3. The molecule has 0 spiro atoms. The van der Waals surface area contributed by atoms with Crippen LogP contribution < -0.4 is 10.5 Å². The summed E-state index contributed by atoms with van der Waals surface area (Å²) in [5.74, 6) is 0. The number of nitrogens with zero attached hydrogens (tertiary/aromatic N) is 1. The summed E-state index contributed by atoms with van der Waals surface area (Å²) in [7, 11) is -3.39. The summed E-state index contributed by atoms with van der Waals surface area (Å²) in [6, 6.07) is 9.03. The zero-order valence-corrected chi connectivity index (χ0v) is 17.5. The van der Waals surface area contributed by atoms with E-state index in [2.05, 4.69) is 0 Å². The summed E-state index contributed by atoms with van der Waals surface area (Å²) in [5, 5.41) is 2.74. The standard InChI is InChI=1S/C20H22N2O4S2/c1-14-5-6-17-16(12-18(23)26-20(17)15(14)2)13-21-7-9-22(10-8-21)28(24,25)19-4-3-11-27-19/h3-6,11-12H,7-10,13H2,1-2H3/p+1. The number of hydrogen-bond donors (Lipinski definition) is 1. The third kappa shape index (κ3) is 3.53. The molecule has 8 heteroatoms. The van der Waals surface area contributed by atoms with Crippen molar-refractivity contribution in [2.24, 2.45) is 0 Å². The third-order valence-electron chi connectivity index (χ3n) is 5.48. The van der Waals surface area contributed by atoms with Crippen molar-refractivity contribution in [3.63, 3.8) is 0 Å². The molecule has 0 saturated carbocycles. The average Bonchev–Trinajstić information content (AvgIpc) is 3.21. The fraction of sp³-hybridized carbons (Fsp3) is 0.350. The molecule has 1 aliphatic rings. The molecular weight excluding hydrogens is 396 g/mol. The van der Waals surface area contributed by atoms with Gasteiger partial charge in [-0.05, 0) is 36.4 Å². The van der Waals surface area contributed by atoms with Gasteiger partial charge in [-0.2, -0.15) is 4.31 Å². The molecule has 0 bridgehead atoms. The molecular formula is C20H23N2O4S2+. The first kappa shape index (κ1) is 19.3. The number of nitrogens with one attached hydrogen (secondary N) is 1. The first-order chi connectivity index (χ1) is 13.4. The Morgan fingerprint density at radius 3 is 2.61 bits per heavy atom. The van der Waals surface area contributed by atoms with Crippen LogP contribution in [0.3, 0.4) is 0 Å². The highest BCUT2D eigenvalue weighted by molar-refractivity contribution is 7.91. The minimum absolute atomic E-state index is 0.338. The second-order valence-corrected chi connectivity index (χ2v) is 10.4. The predicted octanol–water partition coefficient (Wildman–Crippen LogP) is 1.56. The second kappa shape index (κ2) is 7.44. The number of rotatable bonds is 4. The molecule has 2 aromatic heterocycles. The highest BCUT2D eigenvalue weighted by atomic mass is 32.2. The molecule has 3 aromatic rings. The SMILES string of the molecule is Cc1ccc2c(C[NH+]3CCN(S(=O)(=O)c4cccs4)CC3)cc(=O)oc2c1C. The van der Waals surface area contributed by atoms with Crippen molar-refractivity contribution in [3.05, 3.63) is 62.8 Å². The van der Waals surface area contributed by atoms with E-state index < -0.39 is 10.0 Å². The van der Waals surface area contributed by atoms with E-state index >= 15 is 0 Å². The van der Waals surface area contributed by atoms with Gasteiger partial charge in [0.25, 0.3) is 10.0 Å². The van der Waals surface area contributed by atoms with E-state index in [4.69, 9.17) is 4.42 Å². The summed E-state index contributed by atoms with van der Waals surface area (Å²) < 4.78 is 32.8. The van der Waals surface area contributed by atoms with Crippen molar-refractivity contribution in [3.8, 4) is 0 Å². The normalized spacial score (nSPS) is 16.6. The second-order valence-electron chi connectivity index (χ2n) is 7.24. The molecule has 0 amide bonds. The summed E-state index contributed by atoms with van der Waals surface area (Å²) in [6.07, 6.45) is 0. The van der Waals surface area contributed by atoms with Crippen LogP contribution in [0, 0.1) is 13.8 Å². The monoisotopic (exact) mass is 419 g/mol. The van der Waals surface area contributed by atoms with Crippen molar-refractivity contribution >= 4 is 32.3 Å². The molecule has 28 heavy (non-hydrogen) atoms. The van der Waals surface area contributed by atoms with E-state index in [9.17, 15) is 13.2 Å². The van der Waals surface area contributed by atoms with Crippen LogP contribution in [0.1, 0.15) is 16.7 Å². The van der Waals surface area contributed by atoms with Crippen molar-refractivity contribution < 1.29 is 17.7 Å². The molecule has 0 aliphatic carbocycles. The smallest absolute Gasteiger partial charge is 0.336 e. The lowest BCUT2D eigenvalue weighted by Gasteiger charge is -2.31. The lowest BCUT2D eigenvalue weighted by atomic mass is 10.0. The number of hydrogen-bond acceptors (Lipinski definition) is 5. The Bertz CT molecular complexity index is 1160.